The average molecular weight is 306 g/mol. The van der Waals surface area contributed by atoms with E-state index in [1.54, 1.807) is 0 Å². The van der Waals surface area contributed by atoms with Gasteiger partial charge in [-0.05, 0) is 25.3 Å². The van der Waals surface area contributed by atoms with Gasteiger partial charge in [0.15, 0.2) is 0 Å². The predicted octanol–water partition coefficient (Wildman–Crippen LogP) is 2.08. The minimum Gasteiger partial charge on any atom is -0.392 e. The summed E-state index contributed by atoms with van der Waals surface area (Å²) in [7, 11) is 0. The van der Waals surface area contributed by atoms with Gasteiger partial charge in [-0.3, -0.25) is 4.79 Å². The molecule has 1 heterocycles. The Morgan fingerprint density at radius 1 is 1.38 bits per heavy atom. The molecule has 0 aromatic heterocycles. The molecule has 0 bridgehead atoms. The average Bonchev–Trinajstić information content (AvgIpc) is 2.49. The van der Waals surface area contributed by atoms with Gasteiger partial charge in [-0.15, -0.1) is 0 Å². The Labute approximate surface area is 131 Å². The zero-order valence-electron chi connectivity index (χ0n) is 12.3. The van der Waals surface area contributed by atoms with Gasteiger partial charge in [0.25, 0.3) is 0 Å². The van der Waals surface area contributed by atoms with Gasteiger partial charge in [0.2, 0.25) is 5.91 Å². The molecule has 114 valence electrons. The smallest absolute Gasteiger partial charge is 0.236 e. The van der Waals surface area contributed by atoms with Gasteiger partial charge in [0, 0.05) is 19.7 Å². The van der Waals surface area contributed by atoms with Crippen LogP contribution in [0.1, 0.15) is 31.2 Å². The maximum Gasteiger partial charge on any atom is 0.236 e. The number of rotatable bonds is 5. The molecule has 5 heteroatoms. The number of hydrogen-bond donors (Lipinski definition) is 1. The molecule has 2 rings (SSSR count). The summed E-state index contributed by atoms with van der Waals surface area (Å²) in [6.07, 6.45) is 2.01. The first-order valence-electron chi connectivity index (χ1n) is 7.38. The Morgan fingerprint density at radius 3 is 2.52 bits per heavy atom. The highest BCUT2D eigenvalue weighted by atomic mass is 32.1. The van der Waals surface area contributed by atoms with Crippen molar-refractivity contribution in [3.05, 3.63) is 35.9 Å². The van der Waals surface area contributed by atoms with Gasteiger partial charge in [0.1, 0.15) is 5.92 Å². The van der Waals surface area contributed by atoms with E-state index in [0.29, 0.717) is 13.1 Å². The number of carbonyl (C=O) groups excluding carboxylic acids is 1. The number of thiocarbonyl (C=S) groups is 1. The summed E-state index contributed by atoms with van der Waals surface area (Å²) < 4.78 is 5.61. The first-order chi connectivity index (χ1) is 10.1. The van der Waals surface area contributed by atoms with E-state index in [9.17, 15) is 4.79 Å². The second-order valence-electron chi connectivity index (χ2n) is 5.23. The Morgan fingerprint density at radius 2 is 2.00 bits per heavy atom. The number of nitrogens with two attached hydrogens (primary N) is 1. The predicted molar refractivity (Wildman–Crippen MR) is 87.2 cm³/mol. The summed E-state index contributed by atoms with van der Waals surface area (Å²) in [5, 5.41) is 0. The van der Waals surface area contributed by atoms with Crippen molar-refractivity contribution in [2.45, 2.75) is 31.8 Å². The number of ether oxygens (including phenoxy) is 1. The minimum atomic E-state index is -0.523. The fraction of sp³-hybridized carbons (Fsp3) is 0.500. The molecule has 1 aliphatic rings. The van der Waals surface area contributed by atoms with Gasteiger partial charge >= 0.3 is 0 Å². The summed E-state index contributed by atoms with van der Waals surface area (Å²) in [6.45, 7) is 4.12. The van der Waals surface area contributed by atoms with Gasteiger partial charge < -0.3 is 15.4 Å². The van der Waals surface area contributed by atoms with Crippen LogP contribution in [0.15, 0.2) is 30.3 Å². The van der Waals surface area contributed by atoms with Gasteiger partial charge in [0.05, 0.1) is 11.1 Å². The van der Waals surface area contributed by atoms with Crippen molar-refractivity contribution in [1.29, 1.82) is 0 Å². The van der Waals surface area contributed by atoms with Gasteiger partial charge in [-0.1, -0.05) is 42.5 Å². The topological polar surface area (TPSA) is 55.6 Å². The Hall–Kier alpha value is -1.46. The molecular weight excluding hydrogens is 284 g/mol. The second-order valence-corrected chi connectivity index (χ2v) is 5.70. The zero-order chi connectivity index (χ0) is 15.2. The third-order valence-corrected chi connectivity index (χ3v) is 4.06. The molecule has 0 radical (unpaired) electrons. The van der Waals surface area contributed by atoms with E-state index in [1.165, 1.54) is 0 Å². The molecular formula is C16H22N2O2S. The number of carbonyl (C=O) groups is 1. The van der Waals surface area contributed by atoms with E-state index < -0.39 is 5.92 Å². The van der Waals surface area contributed by atoms with Crippen LogP contribution in [-0.2, 0) is 9.53 Å². The Balaban J connectivity index is 2.05. The van der Waals surface area contributed by atoms with Crippen molar-refractivity contribution in [3.8, 4) is 0 Å². The molecule has 2 N–H and O–H groups in total. The van der Waals surface area contributed by atoms with Crippen LogP contribution in [0, 0.1) is 0 Å². The molecule has 4 nitrogen and oxygen atoms in total. The largest absolute Gasteiger partial charge is 0.392 e. The van der Waals surface area contributed by atoms with Crippen LogP contribution >= 0.6 is 12.2 Å². The van der Waals surface area contributed by atoms with Crippen LogP contribution < -0.4 is 5.73 Å². The van der Waals surface area contributed by atoms with Crippen molar-refractivity contribution in [1.82, 2.24) is 4.90 Å². The van der Waals surface area contributed by atoms with Crippen molar-refractivity contribution in [3.63, 3.8) is 0 Å². The summed E-state index contributed by atoms with van der Waals surface area (Å²) in [5.74, 6) is -0.520. The number of amides is 1. The van der Waals surface area contributed by atoms with Crippen LogP contribution in [0.25, 0.3) is 0 Å². The number of likely N-dealkylation sites (tertiary alicyclic amines) is 1. The molecule has 1 unspecified atom stereocenters. The molecule has 1 aromatic rings. The lowest BCUT2D eigenvalue weighted by Crippen LogP contribution is -2.45. The third kappa shape index (κ3) is 4.02. The fourth-order valence-corrected chi connectivity index (χ4v) is 2.97. The SMILES string of the molecule is CCOC1CCN(C(=O)C(C(N)=S)c2ccccc2)CC1. The molecule has 1 aliphatic heterocycles. The maximum absolute atomic E-state index is 12.7. The summed E-state index contributed by atoms with van der Waals surface area (Å²) >= 11 is 5.11. The standard InChI is InChI=1S/C16H22N2O2S/c1-2-20-13-8-10-18(11-9-13)16(19)14(15(17)21)12-6-4-3-5-7-12/h3-7,13-14H,2,8-11H2,1H3,(H2,17,21). The zero-order valence-corrected chi connectivity index (χ0v) is 13.1. The fourth-order valence-electron chi connectivity index (χ4n) is 2.74. The lowest BCUT2D eigenvalue weighted by atomic mass is 9.96. The summed E-state index contributed by atoms with van der Waals surface area (Å²) in [5.41, 5.74) is 6.67. The number of nitrogens with zero attached hydrogens (tertiary/aromatic N) is 1. The van der Waals surface area contributed by atoms with E-state index in [-0.39, 0.29) is 17.0 Å². The Bertz CT molecular complexity index is 484. The number of piperidine rings is 1. The minimum absolute atomic E-state index is 0.00338. The van der Waals surface area contributed by atoms with Crippen LogP contribution in [0.2, 0.25) is 0 Å². The molecule has 1 aromatic carbocycles. The van der Waals surface area contributed by atoms with Crippen LogP contribution in [0.3, 0.4) is 0 Å². The normalized spacial score (nSPS) is 17.5. The molecule has 21 heavy (non-hydrogen) atoms. The maximum atomic E-state index is 12.7. The monoisotopic (exact) mass is 306 g/mol. The highest BCUT2D eigenvalue weighted by molar-refractivity contribution is 7.80. The van der Waals surface area contributed by atoms with Crippen molar-refractivity contribution in [2.75, 3.05) is 19.7 Å². The molecule has 0 aliphatic carbocycles. The quantitative estimate of drug-likeness (QED) is 0.846. The number of hydrogen-bond acceptors (Lipinski definition) is 3. The van der Waals surface area contributed by atoms with E-state index in [2.05, 4.69) is 0 Å². The van der Waals surface area contributed by atoms with Crippen molar-refractivity contribution < 1.29 is 9.53 Å². The lowest BCUT2D eigenvalue weighted by Gasteiger charge is -2.34. The van der Waals surface area contributed by atoms with E-state index >= 15 is 0 Å². The first-order valence-corrected chi connectivity index (χ1v) is 7.79. The lowest BCUT2D eigenvalue weighted by molar-refractivity contribution is -0.133. The highest BCUT2D eigenvalue weighted by Crippen LogP contribution is 2.22. The summed E-state index contributed by atoms with van der Waals surface area (Å²) in [4.78, 5) is 14.8. The van der Waals surface area contributed by atoms with E-state index in [0.717, 1.165) is 25.0 Å². The van der Waals surface area contributed by atoms with Gasteiger partial charge in [-0.25, -0.2) is 0 Å². The van der Waals surface area contributed by atoms with E-state index in [1.807, 2.05) is 42.2 Å². The Kier molecular flexibility index (Phi) is 5.70. The highest BCUT2D eigenvalue weighted by Gasteiger charge is 2.31. The van der Waals surface area contributed by atoms with Crippen LogP contribution in [-0.4, -0.2) is 41.6 Å². The molecule has 1 amide bonds. The van der Waals surface area contributed by atoms with E-state index in [4.69, 9.17) is 22.7 Å². The molecule has 0 saturated carbocycles. The first kappa shape index (κ1) is 15.9. The number of benzene rings is 1. The molecule has 0 spiro atoms. The third-order valence-electron chi connectivity index (χ3n) is 3.82. The molecule has 1 fully saturated rings. The summed E-state index contributed by atoms with van der Waals surface area (Å²) in [6, 6.07) is 9.51. The van der Waals surface area contributed by atoms with Crippen LogP contribution in [0.4, 0.5) is 0 Å². The van der Waals surface area contributed by atoms with Gasteiger partial charge in [-0.2, -0.15) is 0 Å². The van der Waals surface area contributed by atoms with Crippen LogP contribution in [0.5, 0.6) is 0 Å². The molecule has 1 atom stereocenters. The second kappa shape index (κ2) is 7.52. The van der Waals surface area contributed by atoms with Crippen molar-refractivity contribution >= 4 is 23.1 Å². The van der Waals surface area contributed by atoms with Crippen molar-refractivity contribution in [2.24, 2.45) is 5.73 Å². The molecule has 1 saturated heterocycles.